The molecule has 98 valence electrons. The highest BCUT2D eigenvalue weighted by Gasteiger charge is 2.24. The molecule has 0 aromatic carbocycles. The maximum atomic E-state index is 11.8. The fraction of sp³-hybridized carbons (Fsp3) is 0.833. The van der Waals surface area contributed by atoms with Crippen molar-refractivity contribution in [2.45, 2.75) is 32.7 Å². The van der Waals surface area contributed by atoms with Crippen LogP contribution >= 0.6 is 0 Å². The van der Waals surface area contributed by atoms with E-state index in [9.17, 15) is 9.59 Å². The predicted molar refractivity (Wildman–Crippen MR) is 66.5 cm³/mol. The molecule has 2 amide bonds. The van der Waals surface area contributed by atoms with Crippen LogP contribution in [0.1, 0.15) is 26.7 Å². The molecule has 1 aliphatic rings. The van der Waals surface area contributed by atoms with Gasteiger partial charge >= 0.3 is 0 Å². The van der Waals surface area contributed by atoms with Crippen molar-refractivity contribution < 1.29 is 9.59 Å². The number of nitrogens with one attached hydrogen (secondary N) is 2. The Bertz CT molecular complexity index is 271. The molecule has 5 heteroatoms. The highest BCUT2D eigenvalue weighted by molar-refractivity contribution is 5.79. The van der Waals surface area contributed by atoms with Crippen LogP contribution in [-0.2, 0) is 9.59 Å². The predicted octanol–water partition coefficient (Wildman–Crippen LogP) is -0.0310. The molecule has 0 atom stereocenters. The van der Waals surface area contributed by atoms with E-state index in [2.05, 4.69) is 10.6 Å². The molecule has 0 spiro atoms. The fourth-order valence-electron chi connectivity index (χ4n) is 2.05. The van der Waals surface area contributed by atoms with E-state index in [1.54, 1.807) is 7.05 Å². The summed E-state index contributed by atoms with van der Waals surface area (Å²) in [5.74, 6) is 0.302. The summed E-state index contributed by atoms with van der Waals surface area (Å²) in [7, 11) is 1.75. The maximum absolute atomic E-state index is 11.8. The molecule has 0 unspecified atom stereocenters. The van der Waals surface area contributed by atoms with E-state index in [0.717, 1.165) is 25.9 Å². The number of hydrogen-bond acceptors (Lipinski definition) is 3. The summed E-state index contributed by atoms with van der Waals surface area (Å²) in [6.07, 6.45) is 1.71. The number of likely N-dealkylation sites (N-methyl/N-ethyl adjacent to an activating group) is 1. The Morgan fingerprint density at radius 3 is 2.35 bits per heavy atom. The van der Waals surface area contributed by atoms with E-state index in [1.807, 2.05) is 18.7 Å². The molecule has 0 saturated carbocycles. The third-order valence-corrected chi connectivity index (χ3v) is 3.00. The van der Waals surface area contributed by atoms with Gasteiger partial charge in [0.2, 0.25) is 11.8 Å². The molecule has 0 aromatic heterocycles. The van der Waals surface area contributed by atoms with Gasteiger partial charge in [0.05, 0.1) is 6.54 Å². The molecule has 1 heterocycles. The summed E-state index contributed by atoms with van der Waals surface area (Å²) in [5, 5.41) is 5.79. The second-order valence-corrected chi connectivity index (χ2v) is 4.85. The van der Waals surface area contributed by atoms with Gasteiger partial charge in [-0.25, -0.2) is 0 Å². The summed E-state index contributed by atoms with van der Waals surface area (Å²) in [5.41, 5.74) is 0. The molecular weight excluding hydrogens is 218 g/mol. The number of amides is 2. The normalized spacial score (nSPS) is 17.3. The average Bonchev–Trinajstić information content (AvgIpc) is 2.29. The summed E-state index contributed by atoms with van der Waals surface area (Å²) in [4.78, 5) is 25.0. The van der Waals surface area contributed by atoms with Gasteiger partial charge in [0.15, 0.2) is 0 Å². The van der Waals surface area contributed by atoms with Gasteiger partial charge in [0.1, 0.15) is 0 Å². The Balaban J connectivity index is 2.31. The molecule has 1 aliphatic heterocycles. The standard InChI is InChI=1S/C12H23N3O2/c1-9(2)12(17)15-6-4-10(5-7-15)14-11(16)8-13-3/h9-10,13H,4-8H2,1-3H3,(H,14,16). The zero-order valence-electron chi connectivity index (χ0n) is 11.0. The van der Waals surface area contributed by atoms with E-state index < -0.39 is 0 Å². The van der Waals surface area contributed by atoms with Crippen LogP contribution in [0.4, 0.5) is 0 Å². The number of hydrogen-bond donors (Lipinski definition) is 2. The van der Waals surface area contributed by atoms with E-state index in [-0.39, 0.29) is 23.8 Å². The lowest BCUT2D eigenvalue weighted by Crippen LogP contribution is -2.48. The highest BCUT2D eigenvalue weighted by atomic mass is 16.2. The molecule has 17 heavy (non-hydrogen) atoms. The molecule has 5 nitrogen and oxygen atoms in total. The summed E-state index contributed by atoms with van der Waals surface area (Å²) >= 11 is 0. The van der Waals surface area contributed by atoms with Gasteiger partial charge < -0.3 is 15.5 Å². The van der Waals surface area contributed by atoms with Crippen LogP contribution in [0.5, 0.6) is 0 Å². The number of likely N-dealkylation sites (tertiary alicyclic amines) is 1. The first kappa shape index (κ1) is 14.0. The van der Waals surface area contributed by atoms with Gasteiger partial charge in [-0.15, -0.1) is 0 Å². The summed E-state index contributed by atoms with van der Waals surface area (Å²) < 4.78 is 0. The topological polar surface area (TPSA) is 61.4 Å². The number of nitrogens with zero attached hydrogens (tertiary/aromatic N) is 1. The monoisotopic (exact) mass is 241 g/mol. The second kappa shape index (κ2) is 6.59. The molecule has 0 radical (unpaired) electrons. The van der Waals surface area contributed by atoms with Crippen molar-refractivity contribution in [2.75, 3.05) is 26.7 Å². The van der Waals surface area contributed by atoms with Crippen LogP contribution in [0.2, 0.25) is 0 Å². The maximum Gasteiger partial charge on any atom is 0.234 e. The highest BCUT2D eigenvalue weighted by Crippen LogP contribution is 2.13. The summed E-state index contributed by atoms with van der Waals surface area (Å²) in [6.45, 7) is 5.69. The molecule has 0 bridgehead atoms. The van der Waals surface area contributed by atoms with E-state index >= 15 is 0 Å². The zero-order valence-corrected chi connectivity index (χ0v) is 11.0. The quantitative estimate of drug-likeness (QED) is 0.726. The largest absolute Gasteiger partial charge is 0.352 e. The van der Waals surface area contributed by atoms with Gasteiger partial charge in [-0.1, -0.05) is 13.8 Å². The van der Waals surface area contributed by atoms with Crippen LogP contribution < -0.4 is 10.6 Å². The minimum atomic E-state index is 0.0288. The lowest BCUT2D eigenvalue weighted by Gasteiger charge is -2.33. The van der Waals surface area contributed by atoms with Gasteiger partial charge in [0, 0.05) is 25.0 Å². The van der Waals surface area contributed by atoms with E-state index in [0.29, 0.717) is 6.54 Å². The third kappa shape index (κ3) is 4.34. The van der Waals surface area contributed by atoms with E-state index in [1.165, 1.54) is 0 Å². The van der Waals surface area contributed by atoms with E-state index in [4.69, 9.17) is 0 Å². The van der Waals surface area contributed by atoms with Crippen molar-refractivity contribution in [3.63, 3.8) is 0 Å². The van der Waals surface area contributed by atoms with Crippen molar-refractivity contribution >= 4 is 11.8 Å². The van der Waals surface area contributed by atoms with Crippen LogP contribution in [0.25, 0.3) is 0 Å². The first-order valence-electron chi connectivity index (χ1n) is 6.27. The van der Waals surface area contributed by atoms with Crippen LogP contribution in [0, 0.1) is 5.92 Å². The van der Waals surface area contributed by atoms with Crippen molar-refractivity contribution in [3.05, 3.63) is 0 Å². The van der Waals surface area contributed by atoms with Gasteiger partial charge in [0.25, 0.3) is 0 Å². The summed E-state index contributed by atoms with van der Waals surface area (Å²) in [6, 6.07) is 0.215. The molecule has 2 N–H and O–H groups in total. The first-order valence-corrected chi connectivity index (χ1v) is 6.27. The Morgan fingerprint density at radius 2 is 1.88 bits per heavy atom. The van der Waals surface area contributed by atoms with Crippen molar-refractivity contribution in [1.29, 1.82) is 0 Å². The minimum absolute atomic E-state index is 0.0288. The Morgan fingerprint density at radius 1 is 1.29 bits per heavy atom. The molecule has 1 saturated heterocycles. The van der Waals surface area contributed by atoms with Crippen molar-refractivity contribution in [3.8, 4) is 0 Å². The van der Waals surface area contributed by atoms with Crippen LogP contribution in [0.3, 0.4) is 0 Å². The number of rotatable bonds is 4. The fourth-order valence-corrected chi connectivity index (χ4v) is 2.05. The molecular formula is C12H23N3O2. The second-order valence-electron chi connectivity index (χ2n) is 4.85. The lowest BCUT2D eigenvalue weighted by molar-refractivity contribution is -0.135. The minimum Gasteiger partial charge on any atom is -0.352 e. The average molecular weight is 241 g/mol. The molecule has 0 aromatic rings. The van der Waals surface area contributed by atoms with Crippen molar-refractivity contribution in [2.24, 2.45) is 5.92 Å². The number of carbonyl (C=O) groups excluding carboxylic acids is 2. The van der Waals surface area contributed by atoms with Crippen LogP contribution in [0.15, 0.2) is 0 Å². The SMILES string of the molecule is CNCC(=O)NC1CCN(C(=O)C(C)C)CC1. The molecule has 1 fully saturated rings. The Kier molecular flexibility index (Phi) is 5.41. The van der Waals surface area contributed by atoms with Crippen LogP contribution in [-0.4, -0.2) is 49.4 Å². The molecule has 0 aliphatic carbocycles. The smallest absolute Gasteiger partial charge is 0.234 e. The number of piperidine rings is 1. The third-order valence-electron chi connectivity index (χ3n) is 3.00. The van der Waals surface area contributed by atoms with Gasteiger partial charge in [-0.3, -0.25) is 9.59 Å². The number of carbonyl (C=O) groups is 2. The Labute approximate surface area is 103 Å². The van der Waals surface area contributed by atoms with Gasteiger partial charge in [-0.05, 0) is 19.9 Å². The Hall–Kier alpha value is -1.10. The van der Waals surface area contributed by atoms with Gasteiger partial charge in [-0.2, -0.15) is 0 Å². The van der Waals surface area contributed by atoms with Crippen molar-refractivity contribution in [1.82, 2.24) is 15.5 Å². The zero-order chi connectivity index (χ0) is 12.8. The molecule has 1 rings (SSSR count). The lowest BCUT2D eigenvalue weighted by atomic mass is 10.0. The first-order chi connectivity index (χ1) is 8.04.